The highest BCUT2D eigenvalue weighted by molar-refractivity contribution is 5.98. The molecule has 3 heteroatoms. The summed E-state index contributed by atoms with van der Waals surface area (Å²) in [6.45, 7) is 0.880. The number of nitrogens with one attached hydrogen (secondary N) is 1. The minimum atomic E-state index is 0.204. The van der Waals surface area contributed by atoms with Crippen LogP contribution in [0.1, 0.15) is 35.1 Å². The van der Waals surface area contributed by atoms with Crippen LogP contribution in [0.4, 0.5) is 22.7 Å². The molecule has 0 fully saturated rings. The zero-order valence-corrected chi connectivity index (χ0v) is 30.2. The van der Waals surface area contributed by atoms with Crippen LogP contribution in [0.2, 0.25) is 0 Å². The molecule has 0 saturated heterocycles. The van der Waals surface area contributed by atoms with Gasteiger partial charge < -0.3 is 15.1 Å². The van der Waals surface area contributed by atoms with Gasteiger partial charge in [-0.05, 0) is 94.6 Å². The lowest BCUT2D eigenvalue weighted by Gasteiger charge is -2.35. The van der Waals surface area contributed by atoms with Gasteiger partial charge in [-0.2, -0.15) is 0 Å². The average molecular weight is 696 g/mol. The summed E-state index contributed by atoms with van der Waals surface area (Å²) in [5.41, 5.74) is 19.7. The first-order valence-electron chi connectivity index (χ1n) is 19.5. The number of rotatable bonds is 4. The Hall–Kier alpha value is -6.32. The standard InChI is InChI=1S/C51H41N3/c1-2-12-34(13-3-1)35-24-27-39(28-25-35)54-48-20-10-6-16-44(48)50-43-15-5-9-19-47(43)53(49-21-11-7-17-45(49)51(50)54)40-29-26-36-32-38(23-22-37(36)33-40)41-30-31-52-46-18-8-4-14-42(41)46/h1-8,10-18,20-30,33,38,44,48,52H,9,19,31-32H2. The Morgan fingerprint density at radius 1 is 0.667 bits per heavy atom. The molecular formula is C51H41N3. The van der Waals surface area contributed by atoms with Crippen molar-refractivity contribution in [3.63, 3.8) is 0 Å². The molecule has 54 heavy (non-hydrogen) atoms. The van der Waals surface area contributed by atoms with Gasteiger partial charge in [0.05, 0.1) is 17.4 Å². The first-order chi connectivity index (χ1) is 26.8. The smallest absolute Gasteiger partial charge is 0.0630 e. The molecule has 0 spiro atoms. The first kappa shape index (κ1) is 31.2. The van der Waals surface area contributed by atoms with Gasteiger partial charge in [0.25, 0.3) is 0 Å². The Morgan fingerprint density at radius 3 is 2.35 bits per heavy atom. The van der Waals surface area contributed by atoms with E-state index in [0.29, 0.717) is 5.92 Å². The van der Waals surface area contributed by atoms with Crippen molar-refractivity contribution in [3.05, 3.63) is 209 Å². The van der Waals surface area contributed by atoms with Gasteiger partial charge in [0, 0.05) is 52.3 Å². The van der Waals surface area contributed by atoms with Crippen molar-refractivity contribution in [3.8, 4) is 11.1 Å². The molecule has 0 radical (unpaired) electrons. The molecule has 3 atom stereocenters. The quantitative estimate of drug-likeness (QED) is 0.202. The van der Waals surface area contributed by atoms with Crippen LogP contribution in [0.3, 0.4) is 0 Å². The number of hydrogen-bond acceptors (Lipinski definition) is 3. The van der Waals surface area contributed by atoms with Crippen LogP contribution in [0, 0.1) is 11.8 Å². The molecule has 6 aliphatic rings. The molecule has 5 aromatic rings. The van der Waals surface area contributed by atoms with Crippen LogP contribution in [-0.4, -0.2) is 12.6 Å². The Kier molecular flexibility index (Phi) is 7.33. The molecule has 1 N–H and O–H groups in total. The third-order valence-corrected chi connectivity index (χ3v) is 12.2. The van der Waals surface area contributed by atoms with E-state index in [9.17, 15) is 0 Å². The van der Waals surface area contributed by atoms with Gasteiger partial charge in [0.15, 0.2) is 0 Å². The molecule has 0 saturated carbocycles. The fraction of sp³-hybridized carbons (Fsp3) is 0.137. The third-order valence-electron chi connectivity index (χ3n) is 12.2. The maximum Gasteiger partial charge on any atom is 0.0630 e. The number of fused-ring (bicyclic) bond motifs is 7. The third kappa shape index (κ3) is 4.95. The number of allylic oxidation sites excluding steroid dienone is 8. The largest absolute Gasteiger partial charge is 0.381 e. The molecule has 3 aliphatic carbocycles. The molecule has 11 rings (SSSR count). The normalized spacial score (nSPS) is 21.7. The molecule has 0 aromatic heterocycles. The SMILES string of the molecule is C1=CC2C3=C(c4ccccc4N(c4ccc5c(c4)C=CC(C4=CCNc6ccccc64)C5)C4=C3C=CCC4)N(c3ccc(-c4ccccc4)cc3)C2C=C1. The minimum Gasteiger partial charge on any atom is -0.381 e. The monoisotopic (exact) mass is 695 g/mol. The highest BCUT2D eigenvalue weighted by atomic mass is 15.2. The maximum atomic E-state index is 3.55. The summed E-state index contributed by atoms with van der Waals surface area (Å²) in [7, 11) is 0. The molecule has 5 aromatic carbocycles. The van der Waals surface area contributed by atoms with Gasteiger partial charge in [-0.1, -0.05) is 140 Å². The molecule has 3 aliphatic heterocycles. The van der Waals surface area contributed by atoms with E-state index in [2.05, 4.69) is 191 Å². The first-order valence-corrected chi connectivity index (χ1v) is 19.5. The van der Waals surface area contributed by atoms with Crippen molar-refractivity contribution in [2.75, 3.05) is 21.7 Å². The van der Waals surface area contributed by atoms with E-state index >= 15 is 0 Å². The fourth-order valence-electron chi connectivity index (χ4n) is 9.73. The summed E-state index contributed by atoms with van der Waals surface area (Å²) in [5, 5.41) is 3.55. The molecule has 260 valence electrons. The molecule has 3 unspecified atom stereocenters. The van der Waals surface area contributed by atoms with Gasteiger partial charge in [0.1, 0.15) is 0 Å². The maximum absolute atomic E-state index is 3.55. The second kappa shape index (κ2) is 12.7. The van der Waals surface area contributed by atoms with Gasteiger partial charge in [-0.15, -0.1) is 0 Å². The van der Waals surface area contributed by atoms with Gasteiger partial charge in [0.2, 0.25) is 0 Å². The average Bonchev–Trinajstić information content (AvgIpc) is 3.52. The predicted octanol–water partition coefficient (Wildman–Crippen LogP) is 12.1. The van der Waals surface area contributed by atoms with E-state index in [1.54, 1.807) is 0 Å². The molecule has 0 bridgehead atoms. The Bertz CT molecular complexity index is 2540. The van der Waals surface area contributed by atoms with Gasteiger partial charge >= 0.3 is 0 Å². The van der Waals surface area contributed by atoms with E-state index in [0.717, 1.165) is 25.8 Å². The lowest BCUT2D eigenvalue weighted by molar-refractivity contribution is 0.682. The van der Waals surface area contributed by atoms with Crippen LogP contribution in [0.25, 0.3) is 28.5 Å². The van der Waals surface area contributed by atoms with E-state index in [1.165, 1.54) is 84.2 Å². The van der Waals surface area contributed by atoms with Gasteiger partial charge in [-0.25, -0.2) is 0 Å². The summed E-state index contributed by atoms with van der Waals surface area (Å²) in [6.07, 6.45) is 24.3. The highest BCUT2D eigenvalue weighted by Crippen LogP contribution is 2.55. The van der Waals surface area contributed by atoms with E-state index < -0.39 is 0 Å². The second-order valence-electron chi connectivity index (χ2n) is 15.1. The minimum absolute atomic E-state index is 0.204. The van der Waals surface area contributed by atoms with E-state index in [-0.39, 0.29) is 12.0 Å². The van der Waals surface area contributed by atoms with E-state index in [4.69, 9.17) is 0 Å². The molecule has 3 heterocycles. The summed E-state index contributed by atoms with van der Waals surface area (Å²) in [6, 6.07) is 45.2. The number of hydrogen-bond donors (Lipinski definition) is 1. The Morgan fingerprint density at radius 2 is 1.44 bits per heavy atom. The van der Waals surface area contributed by atoms with Gasteiger partial charge in [-0.3, -0.25) is 0 Å². The summed E-state index contributed by atoms with van der Waals surface area (Å²) >= 11 is 0. The summed E-state index contributed by atoms with van der Waals surface area (Å²) < 4.78 is 0. The van der Waals surface area contributed by atoms with Crippen LogP contribution in [0.15, 0.2) is 187 Å². The Balaban J connectivity index is 1.02. The topological polar surface area (TPSA) is 18.5 Å². The highest BCUT2D eigenvalue weighted by Gasteiger charge is 2.45. The predicted molar refractivity (Wildman–Crippen MR) is 226 cm³/mol. The lowest BCUT2D eigenvalue weighted by atomic mass is 9.80. The fourth-order valence-corrected chi connectivity index (χ4v) is 9.73. The van der Waals surface area contributed by atoms with Crippen molar-refractivity contribution in [1.29, 1.82) is 0 Å². The molecular weight excluding hydrogens is 655 g/mol. The number of benzene rings is 5. The number of anilines is 4. The number of nitrogens with zero attached hydrogens (tertiary/aromatic N) is 2. The van der Waals surface area contributed by atoms with Crippen molar-refractivity contribution < 1.29 is 0 Å². The van der Waals surface area contributed by atoms with Crippen molar-refractivity contribution >= 4 is 40.1 Å². The lowest BCUT2D eigenvalue weighted by Crippen LogP contribution is -2.33. The van der Waals surface area contributed by atoms with Crippen LogP contribution in [0.5, 0.6) is 0 Å². The molecule has 0 amide bonds. The van der Waals surface area contributed by atoms with Crippen LogP contribution < -0.4 is 15.1 Å². The zero-order valence-electron chi connectivity index (χ0n) is 30.2. The number of para-hydroxylation sites is 2. The van der Waals surface area contributed by atoms with Crippen molar-refractivity contribution in [1.82, 2.24) is 0 Å². The molecule has 3 nitrogen and oxygen atoms in total. The van der Waals surface area contributed by atoms with E-state index in [1.807, 2.05) is 0 Å². The van der Waals surface area contributed by atoms with Crippen molar-refractivity contribution in [2.45, 2.75) is 25.3 Å². The Labute approximate surface area is 318 Å². The summed E-state index contributed by atoms with van der Waals surface area (Å²) in [5.74, 6) is 0.617. The van der Waals surface area contributed by atoms with Crippen LogP contribution >= 0.6 is 0 Å². The van der Waals surface area contributed by atoms with Crippen molar-refractivity contribution in [2.24, 2.45) is 11.8 Å². The summed E-state index contributed by atoms with van der Waals surface area (Å²) in [4.78, 5) is 5.21. The van der Waals surface area contributed by atoms with Crippen LogP contribution in [-0.2, 0) is 6.42 Å². The second-order valence-corrected chi connectivity index (χ2v) is 15.1. The zero-order chi connectivity index (χ0) is 35.6.